The maximum Gasteiger partial charge on any atom is 0.246 e. The molecule has 1 saturated heterocycles. The molecule has 1 amide bonds. The molecule has 1 aliphatic heterocycles. The van der Waals surface area contributed by atoms with E-state index in [9.17, 15) is 17.6 Å². The van der Waals surface area contributed by atoms with Crippen LogP contribution < -0.4 is 10.6 Å². The molecule has 0 saturated carbocycles. The largest absolute Gasteiger partial charge is 0.325 e. The number of anilines is 1. The van der Waals surface area contributed by atoms with E-state index in [1.165, 1.54) is 11.2 Å². The first-order chi connectivity index (χ1) is 11.3. The van der Waals surface area contributed by atoms with E-state index < -0.39 is 26.6 Å². The number of nitrogens with zero attached hydrogens (tertiary/aromatic N) is 1. The molecule has 24 heavy (non-hydrogen) atoms. The smallest absolute Gasteiger partial charge is 0.246 e. The van der Waals surface area contributed by atoms with Gasteiger partial charge in [-0.15, -0.1) is 0 Å². The minimum absolute atomic E-state index is 0.0195. The lowest BCUT2D eigenvalue weighted by Crippen LogP contribution is -2.42. The van der Waals surface area contributed by atoms with Crippen LogP contribution in [-0.2, 0) is 14.8 Å². The molecule has 2 N–H and O–H groups in total. The Morgan fingerprint density at radius 1 is 1.46 bits per heavy atom. The molecule has 1 heterocycles. The van der Waals surface area contributed by atoms with Gasteiger partial charge in [0.15, 0.2) is 0 Å². The van der Waals surface area contributed by atoms with Crippen LogP contribution in [0.3, 0.4) is 0 Å². The average Bonchev–Trinajstić information content (AvgIpc) is 2.50. The zero-order valence-corrected chi connectivity index (χ0v) is 15.2. The van der Waals surface area contributed by atoms with Crippen molar-refractivity contribution in [1.29, 1.82) is 0 Å². The molecule has 1 aromatic carbocycles. The second kappa shape index (κ2) is 7.77. The first kappa shape index (κ1) is 19.1. The Hall–Kier alpha value is -1.22. The monoisotopic (exact) mass is 377 g/mol. The minimum Gasteiger partial charge on any atom is -0.325 e. The van der Waals surface area contributed by atoms with Crippen molar-refractivity contribution in [3.8, 4) is 0 Å². The van der Waals surface area contributed by atoms with Gasteiger partial charge in [-0.05, 0) is 38.4 Å². The number of rotatable bonds is 5. The third-order valence-electron chi connectivity index (χ3n) is 3.92. The fourth-order valence-electron chi connectivity index (χ4n) is 2.85. The van der Waals surface area contributed by atoms with Gasteiger partial charge in [0.1, 0.15) is 10.7 Å². The van der Waals surface area contributed by atoms with Gasteiger partial charge in [-0.1, -0.05) is 11.6 Å². The number of hydrogen-bond donors (Lipinski definition) is 2. The second-order valence-corrected chi connectivity index (χ2v) is 8.19. The van der Waals surface area contributed by atoms with Crippen molar-refractivity contribution in [3.63, 3.8) is 0 Å². The zero-order valence-electron chi connectivity index (χ0n) is 13.6. The fourth-order valence-corrected chi connectivity index (χ4v) is 4.75. The normalized spacial score (nSPS) is 19.2. The number of benzene rings is 1. The summed E-state index contributed by atoms with van der Waals surface area (Å²) in [6, 6.07) is 1.99. The van der Waals surface area contributed by atoms with E-state index in [1.807, 2.05) is 7.05 Å². The number of carbonyl (C=O) groups is 1. The highest BCUT2D eigenvalue weighted by Gasteiger charge is 2.32. The van der Waals surface area contributed by atoms with Crippen molar-refractivity contribution < 1.29 is 17.6 Å². The van der Waals surface area contributed by atoms with Gasteiger partial charge in [0.2, 0.25) is 15.9 Å². The topological polar surface area (TPSA) is 78.5 Å². The molecule has 9 heteroatoms. The number of sulfonamides is 1. The predicted molar refractivity (Wildman–Crippen MR) is 91.1 cm³/mol. The van der Waals surface area contributed by atoms with Gasteiger partial charge in [-0.25, -0.2) is 12.8 Å². The first-order valence-electron chi connectivity index (χ1n) is 7.67. The van der Waals surface area contributed by atoms with Crippen LogP contribution in [0.5, 0.6) is 0 Å². The standard InChI is InChI=1S/C15H21ClFN3O3S/c1-10(21)19-14-7-13(17)15(6-12(14)16)24(22,23)20-5-3-4-11(9-20)8-18-2/h6-7,11,18H,3-5,8-9H2,1-2H3,(H,19,21). The number of carbonyl (C=O) groups excluding carboxylic acids is 1. The average molecular weight is 378 g/mol. The summed E-state index contributed by atoms with van der Waals surface area (Å²) in [5.41, 5.74) is 0.0484. The second-order valence-electron chi connectivity index (χ2n) is 5.87. The first-order valence-corrected chi connectivity index (χ1v) is 9.49. The molecule has 1 unspecified atom stereocenters. The maximum absolute atomic E-state index is 14.3. The molecule has 0 radical (unpaired) electrons. The van der Waals surface area contributed by atoms with E-state index in [4.69, 9.17) is 11.6 Å². The highest BCUT2D eigenvalue weighted by molar-refractivity contribution is 7.89. The van der Waals surface area contributed by atoms with Crippen LogP contribution in [0.1, 0.15) is 19.8 Å². The molecule has 134 valence electrons. The quantitative estimate of drug-likeness (QED) is 0.823. The molecule has 1 aliphatic rings. The third kappa shape index (κ3) is 4.24. The summed E-state index contributed by atoms with van der Waals surface area (Å²) in [6.45, 7) is 2.66. The van der Waals surface area contributed by atoms with Crippen LogP contribution in [0.25, 0.3) is 0 Å². The summed E-state index contributed by atoms with van der Waals surface area (Å²) < 4.78 is 41.2. The van der Waals surface area contributed by atoms with Crippen LogP contribution in [0.4, 0.5) is 10.1 Å². The minimum atomic E-state index is -3.98. The van der Waals surface area contributed by atoms with Gasteiger partial charge >= 0.3 is 0 Å². The molecule has 0 spiro atoms. The van der Waals surface area contributed by atoms with Gasteiger partial charge in [-0.3, -0.25) is 4.79 Å². The number of hydrogen-bond acceptors (Lipinski definition) is 4. The Morgan fingerprint density at radius 3 is 2.79 bits per heavy atom. The van der Waals surface area contributed by atoms with E-state index >= 15 is 0 Å². The van der Waals surface area contributed by atoms with Gasteiger partial charge < -0.3 is 10.6 Å². The summed E-state index contributed by atoms with van der Waals surface area (Å²) in [6.07, 6.45) is 1.66. The van der Waals surface area contributed by atoms with E-state index in [2.05, 4.69) is 10.6 Å². The van der Waals surface area contributed by atoms with Crippen molar-refractivity contribution in [2.45, 2.75) is 24.7 Å². The maximum atomic E-state index is 14.3. The van der Waals surface area contributed by atoms with Gasteiger partial charge in [-0.2, -0.15) is 4.31 Å². The fraction of sp³-hybridized carbons (Fsp3) is 0.533. The molecule has 2 rings (SSSR count). The molecule has 6 nitrogen and oxygen atoms in total. The van der Waals surface area contributed by atoms with Gasteiger partial charge in [0.05, 0.1) is 10.7 Å². The van der Waals surface area contributed by atoms with Crippen molar-refractivity contribution >= 4 is 33.2 Å². The van der Waals surface area contributed by atoms with E-state index in [-0.39, 0.29) is 16.6 Å². The van der Waals surface area contributed by atoms with E-state index in [1.54, 1.807) is 0 Å². The lowest BCUT2D eigenvalue weighted by Gasteiger charge is -2.32. The lowest BCUT2D eigenvalue weighted by molar-refractivity contribution is -0.114. The van der Waals surface area contributed by atoms with Crippen molar-refractivity contribution in [3.05, 3.63) is 23.0 Å². The highest BCUT2D eigenvalue weighted by atomic mass is 35.5. The van der Waals surface area contributed by atoms with Crippen LogP contribution in [-0.4, -0.2) is 45.3 Å². The molecule has 0 aromatic heterocycles. The van der Waals surface area contributed by atoms with Crippen molar-refractivity contribution in [2.24, 2.45) is 5.92 Å². The number of amides is 1. The Morgan fingerprint density at radius 2 is 2.17 bits per heavy atom. The molecule has 0 bridgehead atoms. The molecule has 1 aromatic rings. The van der Waals surface area contributed by atoms with Gasteiger partial charge in [0, 0.05) is 26.1 Å². The molecular weight excluding hydrogens is 357 g/mol. The Bertz CT molecular complexity index is 725. The number of nitrogens with one attached hydrogen (secondary N) is 2. The Balaban J connectivity index is 2.32. The van der Waals surface area contributed by atoms with Gasteiger partial charge in [0.25, 0.3) is 0 Å². The van der Waals surface area contributed by atoms with Crippen LogP contribution >= 0.6 is 11.6 Å². The number of halogens is 2. The summed E-state index contributed by atoms with van der Waals surface area (Å²) in [5.74, 6) is -1.16. The van der Waals surface area contributed by atoms with E-state index in [0.717, 1.165) is 25.0 Å². The van der Waals surface area contributed by atoms with Crippen LogP contribution in [0, 0.1) is 11.7 Å². The van der Waals surface area contributed by atoms with E-state index in [0.29, 0.717) is 19.6 Å². The molecular formula is C15H21ClFN3O3S. The molecule has 1 atom stereocenters. The Kier molecular flexibility index (Phi) is 6.19. The van der Waals surface area contributed by atoms with Crippen molar-refractivity contribution in [2.75, 3.05) is 32.0 Å². The SMILES string of the molecule is CNCC1CCCN(S(=O)(=O)c2cc(Cl)c(NC(C)=O)cc2F)C1. The third-order valence-corrected chi connectivity index (χ3v) is 6.12. The van der Waals surface area contributed by atoms with Crippen molar-refractivity contribution in [1.82, 2.24) is 9.62 Å². The molecule has 1 fully saturated rings. The van der Waals surface area contributed by atoms with Crippen LogP contribution in [0.15, 0.2) is 17.0 Å². The summed E-state index contributed by atoms with van der Waals surface area (Å²) in [5, 5.41) is 5.39. The Labute approximate surface area is 146 Å². The zero-order chi connectivity index (χ0) is 17.9. The molecule has 0 aliphatic carbocycles. The predicted octanol–water partition coefficient (Wildman–Crippen LogP) is 2.06. The summed E-state index contributed by atoms with van der Waals surface area (Å²) >= 11 is 5.99. The lowest BCUT2D eigenvalue weighted by atomic mass is 10.00. The highest BCUT2D eigenvalue weighted by Crippen LogP contribution is 2.31. The summed E-state index contributed by atoms with van der Waals surface area (Å²) in [7, 11) is -2.17. The number of piperidine rings is 1. The van der Waals surface area contributed by atoms with Crippen LogP contribution in [0.2, 0.25) is 5.02 Å². The summed E-state index contributed by atoms with van der Waals surface area (Å²) in [4.78, 5) is 10.6.